The molecule has 12 heteroatoms. The Morgan fingerprint density at radius 3 is 2.40 bits per heavy atom. The first-order chi connectivity index (χ1) is 20.1. The van der Waals surface area contributed by atoms with Crippen LogP contribution in [0.2, 0.25) is 5.02 Å². The number of H-pyrrole nitrogens is 1. The molecule has 3 heterocycles. The van der Waals surface area contributed by atoms with Crippen molar-refractivity contribution in [3.05, 3.63) is 84.6 Å². The highest BCUT2D eigenvalue weighted by atomic mass is 35.5. The summed E-state index contributed by atoms with van der Waals surface area (Å²) in [6, 6.07) is 10.3. The van der Waals surface area contributed by atoms with Crippen molar-refractivity contribution in [1.82, 2.24) is 14.5 Å². The summed E-state index contributed by atoms with van der Waals surface area (Å²) < 4.78 is 23.5. The maximum atomic E-state index is 14.2. The minimum atomic E-state index is -1.94. The van der Waals surface area contributed by atoms with E-state index in [1.807, 2.05) is 24.3 Å². The zero-order valence-corrected chi connectivity index (χ0v) is 24.0. The van der Waals surface area contributed by atoms with E-state index in [0.717, 1.165) is 5.56 Å². The molecular formula is C30H26ClN3O8. The lowest BCUT2D eigenvalue weighted by atomic mass is 9.71. The van der Waals surface area contributed by atoms with Crippen molar-refractivity contribution in [3.63, 3.8) is 0 Å². The Balaban J connectivity index is 1.44. The summed E-state index contributed by atoms with van der Waals surface area (Å²) in [6.07, 6.45) is 0.641. The lowest BCUT2D eigenvalue weighted by Gasteiger charge is -2.36. The van der Waals surface area contributed by atoms with Gasteiger partial charge in [-0.3, -0.25) is 23.9 Å². The van der Waals surface area contributed by atoms with Gasteiger partial charge >= 0.3 is 5.69 Å². The van der Waals surface area contributed by atoms with Crippen LogP contribution in [0.1, 0.15) is 38.9 Å². The van der Waals surface area contributed by atoms with E-state index in [9.17, 15) is 19.2 Å². The quantitative estimate of drug-likeness (QED) is 0.334. The average Bonchev–Trinajstić information content (AvgIpc) is 3.30. The number of ether oxygens (including phenoxy) is 4. The third-order valence-electron chi connectivity index (χ3n) is 8.02. The molecule has 0 fully saturated rings. The summed E-state index contributed by atoms with van der Waals surface area (Å²) in [6.45, 7) is 1.94. The number of aromatic amines is 1. The second-order valence-electron chi connectivity index (χ2n) is 10.3. The summed E-state index contributed by atoms with van der Waals surface area (Å²) in [7, 11) is 4.38. The molecule has 0 bridgehead atoms. The molecule has 1 N–H and O–H groups in total. The van der Waals surface area contributed by atoms with Crippen LogP contribution >= 0.6 is 11.6 Å². The topological polar surface area (TPSA) is 139 Å². The summed E-state index contributed by atoms with van der Waals surface area (Å²) in [5, 5.41) is 0.0830. The minimum absolute atomic E-state index is 0.000447. The maximum Gasteiger partial charge on any atom is 0.330 e. The van der Waals surface area contributed by atoms with E-state index in [-0.39, 0.29) is 57.4 Å². The number of nitrogens with one attached hydrogen (secondary N) is 1. The number of benzene rings is 2. The third-order valence-corrected chi connectivity index (χ3v) is 8.38. The number of rotatable bonds is 6. The molecule has 0 saturated carbocycles. The number of carbonyl (C=O) groups excluding carboxylic acids is 2. The fourth-order valence-corrected chi connectivity index (χ4v) is 6.03. The monoisotopic (exact) mass is 591 g/mol. The molecule has 2 aromatic heterocycles. The van der Waals surface area contributed by atoms with E-state index in [1.54, 1.807) is 14.0 Å². The van der Waals surface area contributed by atoms with E-state index >= 15 is 0 Å². The SMILES string of the molecule is COc1ccc(CCn2c(=O)[nH]c(=O)c3cc4c(nc32)C[C@@H](C)[C@]2(Oc3c(Cl)c(OC)cc(OC)c3C2=O)C4=O)cc1. The van der Waals surface area contributed by atoms with Crippen LogP contribution in [0.5, 0.6) is 23.0 Å². The number of fused-ring (bicyclic) bond motifs is 3. The van der Waals surface area contributed by atoms with E-state index in [0.29, 0.717) is 17.9 Å². The van der Waals surface area contributed by atoms with Gasteiger partial charge in [0.25, 0.3) is 5.56 Å². The molecule has 6 rings (SSSR count). The predicted molar refractivity (Wildman–Crippen MR) is 153 cm³/mol. The predicted octanol–water partition coefficient (Wildman–Crippen LogP) is 3.40. The fraction of sp³-hybridized carbons (Fsp3) is 0.300. The molecule has 0 amide bonds. The number of aryl methyl sites for hydroxylation is 2. The highest BCUT2D eigenvalue weighted by Crippen LogP contribution is 2.53. The molecular weight excluding hydrogens is 566 g/mol. The molecule has 1 spiro atoms. The smallest absolute Gasteiger partial charge is 0.330 e. The summed E-state index contributed by atoms with van der Waals surface area (Å²) in [4.78, 5) is 60.9. The molecule has 2 atom stereocenters. The number of carbonyl (C=O) groups is 2. The molecule has 0 saturated heterocycles. The Bertz CT molecular complexity index is 1910. The highest BCUT2D eigenvalue weighted by molar-refractivity contribution is 6.36. The Morgan fingerprint density at radius 1 is 1.02 bits per heavy atom. The number of ketones is 2. The van der Waals surface area contributed by atoms with Gasteiger partial charge < -0.3 is 18.9 Å². The second-order valence-corrected chi connectivity index (χ2v) is 10.6. The lowest BCUT2D eigenvalue weighted by Crippen LogP contribution is -2.57. The largest absolute Gasteiger partial charge is 0.497 e. The van der Waals surface area contributed by atoms with Crippen LogP contribution in [0.3, 0.4) is 0 Å². The average molecular weight is 592 g/mol. The number of aromatic nitrogens is 3. The first-order valence-corrected chi connectivity index (χ1v) is 13.5. The maximum absolute atomic E-state index is 14.2. The first-order valence-electron chi connectivity index (χ1n) is 13.2. The zero-order chi connectivity index (χ0) is 29.9. The van der Waals surface area contributed by atoms with Crippen LogP contribution < -0.4 is 30.2 Å². The molecule has 2 aromatic carbocycles. The number of Topliss-reactive ketones (excluding diaryl/α,β-unsaturated/α-hetero) is 2. The standard InChI is InChI=1S/C30H26ClN3O8/c1-14-11-19-17(25(35)30(14)26(36)22-20(40-3)13-21(41-4)23(31)24(22)42-30)12-18-27(32-19)34(29(38)33-28(18)37)10-9-15-5-7-16(39-2)8-6-15/h5-8,12-14H,9-11H2,1-4H3,(H,33,37,38)/t14-,30+/m1/s1. The Labute approximate surface area is 244 Å². The normalized spacial score (nSPS) is 19.0. The van der Waals surface area contributed by atoms with Crippen LogP contribution in [0.4, 0.5) is 0 Å². The summed E-state index contributed by atoms with van der Waals surface area (Å²) >= 11 is 6.50. The van der Waals surface area contributed by atoms with Gasteiger partial charge in [0, 0.05) is 24.1 Å². The van der Waals surface area contributed by atoms with Gasteiger partial charge in [-0.2, -0.15) is 0 Å². The third kappa shape index (κ3) is 3.91. The van der Waals surface area contributed by atoms with Gasteiger partial charge in [0.1, 0.15) is 33.5 Å². The minimum Gasteiger partial charge on any atom is -0.497 e. The molecule has 1 aliphatic carbocycles. The molecule has 0 unspecified atom stereocenters. The number of nitrogens with zero attached hydrogens (tertiary/aromatic N) is 2. The molecule has 4 aromatic rings. The fourth-order valence-electron chi connectivity index (χ4n) is 5.77. The molecule has 1 aliphatic heterocycles. The van der Waals surface area contributed by atoms with E-state index in [1.165, 1.54) is 30.9 Å². The van der Waals surface area contributed by atoms with Crippen LogP contribution in [-0.4, -0.2) is 53.0 Å². The Hall–Kier alpha value is -4.64. The molecule has 0 radical (unpaired) electrons. The van der Waals surface area contributed by atoms with Gasteiger partial charge in [0.15, 0.2) is 5.75 Å². The molecule has 2 aliphatic rings. The highest BCUT2D eigenvalue weighted by Gasteiger charge is 2.62. The van der Waals surface area contributed by atoms with E-state index in [4.69, 9.17) is 30.5 Å². The lowest BCUT2D eigenvalue weighted by molar-refractivity contribution is 0.0257. The molecule has 216 valence electrons. The first kappa shape index (κ1) is 27.5. The number of hydrogen-bond donors (Lipinski definition) is 1. The van der Waals surface area contributed by atoms with Crippen LogP contribution in [-0.2, 0) is 19.4 Å². The Kier molecular flexibility index (Phi) is 6.57. The van der Waals surface area contributed by atoms with Crippen molar-refractivity contribution < 1.29 is 28.5 Å². The van der Waals surface area contributed by atoms with Crippen molar-refractivity contribution in [2.75, 3.05) is 21.3 Å². The van der Waals surface area contributed by atoms with Crippen molar-refractivity contribution in [2.45, 2.75) is 31.9 Å². The van der Waals surface area contributed by atoms with Gasteiger partial charge in [-0.1, -0.05) is 30.7 Å². The van der Waals surface area contributed by atoms with Crippen molar-refractivity contribution in [2.24, 2.45) is 5.92 Å². The molecule has 11 nitrogen and oxygen atoms in total. The number of pyridine rings is 1. The van der Waals surface area contributed by atoms with Gasteiger partial charge in [-0.05, 0) is 36.6 Å². The van der Waals surface area contributed by atoms with Gasteiger partial charge in [0.05, 0.1) is 32.4 Å². The number of hydrogen-bond acceptors (Lipinski definition) is 9. The second kappa shape index (κ2) is 10.0. The van der Waals surface area contributed by atoms with Gasteiger partial charge in [-0.25, -0.2) is 9.78 Å². The van der Waals surface area contributed by atoms with Crippen molar-refractivity contribution in [3.8, 4) is 23.0 Å². The number of methoxy groups -OCH3 is 3. The summed E-state index contributed by atoms with van der Waals surface area (Å²) in [5.74, 6) is -0.827. The van der Waals surface area contributed by atoms with Crippen LogP contribution in [0, 0.1) is 5.92 Å². The van der Waals surface area contributed by atoms with Crippen molar-refractivity contribution in [1.29, 1.82) is 0 Å². The zero-order valence-electron chi connectivity index (χ0n) is 23.2. The van der Waals surface area contributed by atoms with Crippen molar-refractivity contribution >= 4 is 34.2 Å². The van der Waals surface area contributed by atoms with E-state index < -0.39 is 34.3 Å². The molecule has 42 heavy (non-hydrogen) atoms. The van der Waals surface area contributed by atoms with Gasteiger partial charge in [-0.15, -0.1) is 0 Å². The van der Waals surface area contributed by atoms with Crippen LogP contribution in [0.15, 0.2) is 46.0 Å². The van der Waals surface area contributed by atoms with E-state index in [2.05, 4.69) is 9.97 Å². The summed E-state index contributed by atoms with van der Waals surface area (Å²) in [5.41, 5.74) is -1.67. The number of halogens is 1. The van der Waals surface area contributed by atoms with Crippen LogP contribution in [0.25, 0.3) is 11.0 Å². The van der Waals surface area contributed by atoms with Gasteiger partial charge in [0.2, 0.25) is 17.2 Å². The Morgan fingerprint density at radius 2 is 1.74 bits per heavy atom.